The average molecular weight is 246 g/mol. The standard InChI is InChI=1S/C12H22O3S/c13-7-10(14)8-16-9-11-3-6-12(15-11)4-1-2-5-12/h10-11,13-14H,1-9H2. The minimum Gasteiger partial charge on any atom is -0.394 e. The van der Waals surface area contributed by atoms with Gasteiger partial charge in [-0.2, -0.15) is 11.8 Å². The van der Waals surface area contributed by atoms with Gasteiger partial charge < -0.3 is 14.9 Å². The van der Waals surface area contributed by atoms with Gasteiger partial charge in [-0.3, -0.25) is 0 Å². The van der Waals surface area contributed by atoms with Crippen molar-refractivity contribution in [3.05, 3.63) is 0 Å². The molecule has 4 heteroatoms. The molecule has 16 heavy (non-hydrogen) atoms. The summed E-state index contributed by atoms with van der Waals surface area (Å²) in [6.07, 6.45) is 7.32. The van der Waals surface area contributed by atoms with Crippen molar-refractivity contribution in [1.82, 2.24) is 0 Å². The first-order valence-corrected chi connectivity index (χ1v) is 7.44. The van der Waals surface area contributed by atoms with Crippen LogP contribution in [0.2, 0.25) is 0 Å². The summed E-state index contributed by atoms with van der Waals surface area (Å²) in [5.74, 6) is 1.57. The molecule has 1 heterocycles. The van der Waals surface area contributed by atoms with E-state index in [0.717, 1.165) is 5.75 Å². The summed E-state index contributed by atoms with van der Waals surface area (Å²) in [5, 5.41) is 17.9. The number of aliphatic hydroxyl groups is 2. The Balaban J connectivity index is 1.65. The van der Waals surface area contributed by atoms with Crippen LogP contribution in [0.5, 0.6) is 0 Å². The molecular weight excluding hydrogens is 224 g/mol. The van der Waals surface area contributed by atoms with Gasteiger partial charge in [0, 0.05) is 11.5 Å². The van der Waals surface area contributed by atoms with Gasteiger partial charge in [0.25, 0.3) is 0 Å². The van der Waals surface area contributed by atoms with E-state index in [9.17, 15) is 5.11 Å². The molecule has 2 unspecified atom stereocenters. The molecule has 2 atom stereocenters. The minimum atomic E-state index is -0.577. The lowest BCUT2D eigenvalue weighted by molar-refractivity contribution is -0.0268. The van der Waals surface area contributed by atoms with Crippen molar-refractivity contribution in [3.63, 3.8) is 0 Å². The number of hydrogen-bond donors (Lipinski definition) is 2. The maximum atomic E-state index is 9.23. The van der Waals surface area contributed by atoms with Crippen molar-refractivity contribution < 1.29 is 14.9 Å². The van der Waals surface area contributed by atoms with Gasteiger partial charge in [-0.1, -0.05) is 12.8 Å². The zero-order valence-corrected chi connectivity index (χ0v) is 10.5. The van der Waals surface area contributed by atoms with Gasteiger partial charge in [-0.15, -0.1) is 0 Å². The monoisotopic (exact) mass is 246 g/mol. The van der Waals surface area contributed by atoms with E-state index in [4.69, 9.17) is 9.84 Å². The van der Waals surface area contributed by atoms with E-state index >= 15 is 0 Å². The van der Waals surface area contributed by atoms with Crippen LogP contribution >= 0.6 is 11.8 Å². The summed E-state index contributed by atoms with van der Waals surface area (Å²) in [6.45, 7) is -0.136. The highest BCUT2D eigenvalue weighted by molar-refractivity contribution is 7.99. The molecule has 0 aromatic heterocycles. The smallest absolute Gasteiger partial charge is 0.0861 e. The van der Waals surface area contributed by atoms with Crippen LogP contribution in [-0.2, 0) is 4.74 Å². The summed E-state index contributed by atoms with van der Waals surface area (Å²) in [6, 6.07) is 0. The predicted molar refractivity (Wildman–Crippen MR) is 65.7 cm³/mol. The fourth-order valence-electron chi connectivity index (χ4n) is 2.79. The first-order valence-electron chi connectivity index (χ1n) is 6.29. The van der Waals surface area contributed by atoms with E-state index in [1.54, 1.807) is 11.8 Å². The Morgan fingerprint density at radius 3 is 2.75 bits per heavy atom. The number of hydrogen-bond acceptors (Lipinski definition) is 4. The topological polar surface area (TPSA) is 49.7 Å². The number of ether oxygens (including phenoxy) is 1. The van der Waals surface area contributed by atoms with Gasteiger partial charge in [-0.25, -0.2) is 0 Å². The Morgan fingerprint density at radius 2 is 2.06 bits per heavy atom. The summed E-state index contributed by atoms with van der Waals surface area (Å²) in [7, 11) is 0. The van der Waals surface area contributed by atoms with E-state index < -0.39 is 6.10 Å². The molecule has 1 saturated heterocycles. The highest BCUT2D eigenvalue weighted by atomic mass is 32.2. The third-order valence-corrected chi connectivity index (χ3v) is 4.91. The Morgan fingerprint density at radius 1 is 1.31 bits per heavy atom. The van der Waals surface area contributed by atoms with Crippen molar-refractivity contribution >= 4 is 11.8 Å². The molecule has 1 saturated carbocycles. The summed E-state index contributed by atoms with van der Waals surface area (Å²) < 4.78 is 6.16. The molecule has 3 nitrogen and oxygen atoms in total. The first-order chi connectivity index (χ1) is 7.74. The third kappa shape index (κ3) is 3.13. The summed E-state index contributed by atoms with van der Waals surface area (Å²) in [5.41, 5.74) is 0.223. The molecular formula is C12H22O3S. The highest BCUT2D eigenvalue weighted by Crippen LogP contribution is 2.43. The molecule has 1 spiro atoms. The van der Waals surface area contributed by atoms with Crippen molar-refractivity contribution in [2.24, 2.45) is 0 Å². The zero-order chi connectivity index (χ0) is 11.4. The van der Waals surface area contributed by atoms with Gasteiger partial charge >= 0.3 is 0 Å². The fraction of sp³-hybridized carbons (Fsp3) is 1.00. The second kappa shape index (κ2) is 5.71. The fourth-order valence-corrected chi connectivity index (χ4v) is 3.80. The van der Waals surface area contributed by atoms with Gasteiger partial charge in [0.1, 0.15) is 0 Å². The molecule has 1 aliphatic carbocycles. The lowest BCUT2D eigenvalue weighted by atomic mass is 9.98. The van der Waals surface area contributed by atoms with E-state index in [0.29, 0.717) is 11.9 Å². The number of thioether (sulfide) groups is 1. The molecule has 0 aromatic carbocycles. The van der Waals surface area contributed by atoms with Crippen LogP contribution in [0, 0.1) is 0 Å². The van der Waals surface area contributed by atoms with Crippen LogP contribution in [0.15, 0.2) is 0 Å². The van der Waals surface area contributed by atoms with E-state index in [1.165, 1.54) is 38.5 Å². The van der Waals surface area contributed by atoms with Gasteiger partial charge in [0.05, 0.1) is 24.4 Å². The quantitative estimate of drug-likeness (QED) is 0.773. The number of aliphatic hydroxyl groups excluding tert-OH is 2. The van der Waals surface area contributed by atoms with Crippen LogP contribution in [-0.4, -0.2) is 46.1 Å². The third-order valence-electron chi connectivity index (χ3n) is 3.68. The van der Waals surface area contributed by atoms with Crippen molar-refractivity contribution in [2.45, 2.75) is 56.3 Å². The van der Waals surface area contributed by atoms with Crippen LogP contribution in [0.4, 0.5) is 0 Å². The molecule has 94 valence electrons. The van der Waals surface area contributed by atoms with Crippen molar-refractivity contribution in [3.8, 4) is 0 Å². The second-order valence-corrected chi connectivity index (χ2v) is 6.12. The molecule has 1 aliphatic heterocycles. The number of rotatable bonds is 5. The summed E-state index contributed by atoms with van der Waals surface area (Å²) >= 11 is 1.69. The summed E-state index contributed by atoms with van der Waals surface area (Å²) in [4.78, 5) is 0. The van der Waals surface area contributed by atoms with E-state index in [2.05, 4.69) is 0 Å². The van der Waals surface area contributed by atoms with Crippen molar-refractivity contribution in [1.29, 1.82) is 0 Å². The molecule has 0 radical (unpaired) electrons. The Bertz CT molecular complexity index is 216. The van der Waals surface area contributed by atoms with E-state index in [-0.39, 0.29) is 12.2 Å². The van der Waals surface area contributed by atoms with Crippen LogP contribution in [0.3, 0.4) is 0 Å². The lowest BCUT2D eigenvalue weighted by Crippen LogP contribution is -2.26. The molecule has 0 aromatic rings. The van der Waals surface area contributed by atoms with Gasteiger partial charge in [0.15, 0.2) is 0 Å². The maximum absolute atomic E-state index is 9.23. The predicted octanol–water partition coefficient (Wildman–Crippen LogP) is 1.56. The Kier molecular flexibility index (Phi) is 4.53. The minimum absolute atomic E-state index is 0.136. The SMILES string of the molecule is OCC(O)CSCC1CCC2(CCCC2)O1. The van der Waals surface area contributed by atoms with Gasteiger partial charge in [0.2, 0.25) is 0 Å². The normalized spacial score (nSPS) is 30.0. The molecule has 2 N–H and O–H groups in total. The van der Waals surface area contributed by atoms with Crippen LogP contribution < -0.4 is 0 Å². The van der Waals surface area contributed by atoms with E-state index in [1.807, 2.05) is 0 Å². The largest absolute Gasteiger partial charge is 0.394 e. The molecule has 2 fully saturated rings. The van der Waals surface area contributed by atoms with Crippen LogP contribution in [0.25, 0.3) is 0 Å². The molecule has 0 amide bonds. The second-order valence-electron chi connectivity index (χ2n) is 5.04. The van der Waals surface area contributed by atoms with Crippen LogP contribution in [0.1, 0.15) is 38.5 Å². The molecule has 2 rings (SSSR count). The average Bonchev–Trinajstić information content (AvgIpc) is 2.90. The Hall–Kier alpha value is 0.230. The van der Waals surface area contributed by atoms with Crippen molar-refractivity contribution in [2.75, 3.05) is 18.1 Å². The lowest BCUT2D eigenvalue weighted by Gasteiger charge is -2.23. The molecule has 0 bridgehead atoms. The Labute approximate surface area is 102 Å². The highest BCUT2D eigenvalue weighted by Gasteiger charge is 2.41. The first kappa shape index (κ1) is 12.7. The van der Waals surface area contributed by atoms with Gasteiger partial charge in [-0.05, 0) is 25.7 Å². The maximum Gasteiger partial charge on any atom is 0.0861 e. The molecule has 2 aliphatic rings. The zero-order valence-electron chi connectivity index (χ0n) is 9.73.